The Morgan fingerprint density at radius 1 is 1.10 bits per heavy atom. The minimum atomic E-state index is -3.55. The smallest absolute Gasteiger partial charge is 0.280 e. The molecule has 12 nitrogen and oxygen atoms in total. The summed E-state index contributed by atoms with van der Waals surface area (Å²) in [6.45, 7) is 2.99. The number of amides is 1. The molecule has 2 atom stereocenters. The number of benzene rings is 1. The number of ether oxygens (including phenoxy) is 3. The van der Waals surface area contributed by atoms with Gasteiger partial charge in [-0.15, -0.1) is 0 Å². The summed E-state index contributed by atoms with van der Waals surface area (Å²) in [5.74, 6) is -0.0608. The molecule has 220 valence electrons. The van der Waals surface area contributed by atoms with Gasteiger partial charge in [-0.05, 0) is 45.1 Å². The van der Waals surface area contributed by atoms with Crippen molar-refractivity contribution in [3.05, 3.63) is 42.0 Å². The first-order valence-electron chi connectivity index (χ1n) is 13.4. The van der Waals surface area contributed by atoms with Crippen LogP contribution in [0.3, 0.4) is 0 Å². The molecule has 0 unspecified atom stereocenters. The first kappa shape index (κ1) is 29.3. The Hall–Kier alpha value is -3.17. The molecule has 3 aromatic rings. The lowest BCUT2D eigenvalue weighted by molar-refractivity contribution is -0.110. The first-order chi connectivity index (χ1) is 19.8. The van der Waals surface area contributed by atoms with E-state index in [1.165, 1.54) is 23.5 Å². The molecule has 5 rings (SSSR count). The van der Waals surface area contributed by atoms with Gasteiger partial charge in [-0.1, -0.05) is 28.6 Å². The molecule has 2 fully saturated rings. The number of nitrogens with one attached hydrogen (secondary N) is 1. The molecule has 41 heavy (non-hydrogen) atoms. The Morgan fingerprint density at radius 3 is 2.59 bits per heavy atom. The van der Waals surface area contributed by atoms with Crippen molar-refractivity contribution >= 4 is 48.3 Å². The molecular weight excluding hydrogens is 570 g/mol. The molecule has 14 heteroatoms. The zero-order valence-electron chi connectivity index (χ0n) is 22.9. The van der Waals surface area contributed by atoms with Crippen molar-refractivity contribution in [1.29, 1.82) is 0 Å². The first-order valence-corrected chi connectivity index (χ1v) is 15.8. The van der Waals surface area contributed by atoms with Crippen LogP contribution in [-0.4, -0.2) is 99.9 Å². The van der Waals surface area contributed by atoms with Crippen molar-refractivity contribution in [2.24, 2.45) is 5.16 Å². The quantitative estimate of drug-likeness (QED) is 0.187. The van der Waals surface area contributed by atoms with Crippen LogP contribution in [0, 0.1) is 0 Å². The summed E-state index contributed by atoms with van der Waals surface area (Å²) < 4.78 is 42.2. The van der Waals surface area contributed by atoms with E-state index in [0.29, 0.717) is 66.2 Å². The van der Waals surface area contributed by atoms with Crippen LogP contribution in [0.4, 0.5) is 5.13 Å². The molecule has 0 radical (unpaired) electrons. The van der Waals surface area contributed by atoms with E-state index in [1.54, 1.807) is 24.3 Å². The molecule has 2 aliphatic heterocycles. The zero-order valence-corrected chi connectivity index (χ0v) is 24.6. The largest absolute Gasteiger partial charge is 0.478 e. The third-order valence-corrected chi connectivity index (χ3v) is 9.69. The standard InChI is InChI=1S/C27H33N5O7S2/c1-32(2)12-3-13-38-23-9-8-22-26(29-23)40-27(28-22)30-25(33)24(31-39-19-10-14-36-16-19)18-4-6-20(7-5-18)41(34,35)21-11-15-37-17-21/h4-9,19,21H,3,10-17H2,1-2H3,(H,28,30,33)/t19-,21+/m1/s1. The van der Waals surface area contributed by atoms with Crippen molar-refractivity contribution < 1.29 is 32.3 Å². The molecule has 0 bridgehead atoms. The number of carbonyl (C=O) groups is 1. The second kappa shape index (κ2) is 13.2. The highest BCUT2D eigenvalue weighted by atomic mass is 32.2. The molecular formula is C27H33N5O7S2. The number of anilines is 1. The Bertz CT molecular complexity index is 1480. The minimum Gasteiger partial charge on any atom is -0.478 e. The number of hydrogen-bond acceptors (Lipinski definition) is 12. The molecule has 2 aliphatic rings. The van der Waals surface area contributed by atoms with Gasteiger partial charge in [-0.3, -0.25) is 10.1 Å². The van der Waals surface area contributed by atoms with Gasteiger partial charge in [0.25, 0.3) is 5.91 Å². The van der Waals surface area contributed by atoms with Gasteiger partial charge < -0.3 is 23.9 Å². The maximum atomic E-state index is 13.4. The second-order valence-corrected chi connectivity index (χ2v) is 13.2. The third-order valence-electron chi connectivity index (χ3n) is 6.63. The monoisotopic (exact) mass is 603 g/mol. The summed E-state index contributed by atoms with van der Waals surface area (Å²) in [7, 11) is 0.473. The average Bonchev–Trinajstić information content (AvgIpc) is 3.74. The molecule has 2 aromatic heterocycles. The maximum absolute atomic E-state index is 13.4. The number of hydrogen-bond donors (Lipinski definition) is 1. The number of pyridine rings is 1. The minimum absolute atomic E-state index is 0.0119. The van der Waals surface area contributed by atoms with Crippen LogP contribution in [-0.2, 0) is 28.9 Å². The molecule has 4 heterocycles. The fourth-order valence-corrected chi connectivity index (χ4v) is 6.76. The molecule has 2 saturated heterocycles. The van der Waals surface area contributed by atoms with E-state index >= 15 is 0 Å². The summed E-state index contributed by atoms with van der Waals surface area (Å²) in [5.41, 5.74) is 1.01. The van der Waals surface area contributed by atoms with Crippen LogP contribution in [0.2, 0.25) is 0 Å². The summed E-state index contributed by atoms with van der Waals surface area (Å²) in [6.07, 6.45) is 1.71. The van der Waals surface area contributed by atoms with Crippen molar-refractivity contribution in [2.75, 3.05) is 59.0 Å². The van der Waals surface area contributed by atoms with E-state index < -0.39 is 21.0 Å². The molecule has 0 saturated carbocycles. The van der Waals surface area contributed by atoms with E-state index in [1.807, 2.05) is 14.1 Å². The number of carbonyl (C=O) groups excluding carboxylic acids is 1. The molecule has 0 spiro atoms. The fourth-order valence-electron chi connectivity index (χ4n) is 4.35. The van der Waals surface area contributed by atoms with Crippen molar-refractivity contribution in [3.8, 4) is 5.88 Å². The highest BCUT2D eigenvalue weighted by Crippen LogP contribution is 2.27. The van der Waals surface area contributed by atoms with E-state index in [9.17, 15) is 13.2 Å². The fraction of sp³-hybridized carbons (Fsp3) is 0.481. The summed E-state index contributed by atoms with van der Waals surface area (Å²) in [6, 6.07) is 9.60. The lowest BCUT2D eigenvalue weighted by atomic mass is 10.1. The zero-order chi connectivity index (χ0) is 28.8. The predicted octanol–water partition coefficient (Wildman–Crippen LogP) is 2.73. The predicted molar refractivity (Wildman–Crippen MR) is 154 cm³/mol. The summed E-state index contributed by atoms with van der Waals surface area (Å²) >= 11 is 1.21. The van der Waals surface area contributed by atoms with Crippen LogP contribution >= 0.6 is 11.3 Å². The number of rotatable bonds is 12. The second-order valence-electron chi connectivity index (χ2n) is 10.0. The van der Waals surface area contributed by atoms with Crippen molar-refractivity contribution in [2.45, 2.75) is 35.5 Å². The van der Waals surface area contributed by atoms with E-state index in [2.05, 4.69) is 25.3 Å². The van der Waals surface area contributed by atoms with Gasteiger partial charge in [-0.25, -0.2) is 18.4 Å². The van der Waals surface area contributed by atoms with Gasteiger partial charge in [0, 0.05) is 31.2 Å². The normalized spacial score (nSPS) is 19.6. The van der Waals surface area contributed by atoms with Gasteiger partial charge in [-0.2, -0.15) is 0 Å². The number of aromatic nitrogens is 2. The topological polar surface area (TPSA) is 142 Å². The number of thiazole rings is 1. The van der Waals surface area contributed by atoms with Crippen LogP contribution in [0.25, 0.3) is 10.3 Å². The van der Waals surface area contributed by atoms with Crippen molar-refractivity contribution in [3.63, 3.8) is 0 Å². The van der Waals surface area contributed by atoms with Crippen LogP contribution in [0.1, 0.15) is 24.8 Å². The highest BCUT2D eigenvalue weighted by Gasteiger charge is 2.31. The Kier molecular flexibility index (Phi) is 9.45. The Morgan fingerprint density at radius 2 is 1.88 bits per heavy atom. The maximum Gasteiger partial charge on any atom is 0.280 e. The van der Waals surface area contributed by atoms with E-state index in [4.69, 9.17) is 19.0 Å². The third kappa shape index (κ3) is 7.38. The van der Waals surface area contributed by atoms with Gasteiger partial charge in [0.1, 0.15) is 10.3 Å². The summed E-state index contributed by atoms with van der Waals surface area (Å²) in [4.78, 5) is 30.9. The number of fused-ring (bicyclic) bond motifs is 1. The Balaban J connectivity index is 1.32. The Labute approximate surface area is 242 Å². The van der Waals surface area contributed by atoms with Crippen molar-refractivity contribution in [1.82, 2.24) is 14.9 Å². The number of nitrogens with zero attached hydrogens (tertiary/aromatic N) is 4. The lowest BCUT2D eigenvalue weighted by Crippen LogP contribution is -2.25. The highest BCUT2D eigenvalue weighted by molar-refractivity contribution is 7.92. The van der Waals surface area contributed by atoms with Crippen LogP contribution in [0.5, 0.6) is 5.88 Å². The summed E-state index contributed by atoms with van der Waals surface area (Å²) in [5, 5.41) is 6.70. The van der Waals surface area contributed by atoms with Crippen LogP contribution in [0.15, 0.2) is 46.4 Å². The molecule has 1 amide bonds. The SMILES string of the molecule is CN(C)CCCOc1ccc2nc(NC(=O)C(=NO[C@@H]3CCOC3)c3ccc(S(=O)(=O)[C@H]4CCOC4)cc3)sc2n1. The van der Waals surface area contributed by atoms with E-state index in [0.717, 1.165) is 13.0 Å². The van der Waals surface area contributed by atoms with Gasteiger partial charge in [0.2, 0.25) is 5.88 Å². The van der Waals surface area contributed by atoms with Gasteiger partial charge in [0.15, 0.2) is 26.8 Å². The number of oxime groups is 1. The van der Waals surface area contributed by atoms with Gasteiger partial charge in [0.05, 0.1) is 36.6 Å². The molecule has 1 N–H and O–H groups in total. The lowest BCUT2D eigenvalue weighted by Gasteiger charge is -2.12. The average molecular weight is 604 g/mol. The molecule has 0 aliphatic carbocycles. The van der Waals surface area contributed by atoms with Crippen LogP contribution < -0.4 is 10.1 Å². The van der Waals surface area contributed by atoms with Gasteiger partial charge >= 0.3 is 0 Å². The van der Waals surface area contributed by atoms with E-state index in [-0.39, 0.29) is 23.3 Å². The number of sulfone groups is 1. The molecule has 1 aromatic carbocycles.